The molecule has 0 aromatic heterocycles. The number of aromatic hydroxyl groups is 1. The molecule has 15 heavy (non-hydrogen) atoms. The highest BCUT2D eigenvalue weighted by molar-refractivity contribution is 5.32. The SMILES string of the molecule is Oc1ccccc1CC(F)(F)C(F)(F)F. The van der Waals surface area contributed by atoms with Gasteiger partial charge in [0.2, 0.25) is 0 Å². The number of halogens is 5. The molecule has 0 atom stereocenters. The lowest BCUT2D eigenvalue weighted by Gasteiger charge is -2.19. The van der Waals surface area contributed by atoms with E-state index < -0.39 is 29.8 Å². The van der Waals surface area contributed by atoms with E-state index in [0.29, 0.717) is 0 Å². The Morgan fingerprint density at radius 3 is 2.00 bits per heavy atom. The molecule has 0 heterocycles. The summed E-state index contributed by atoms with van der Waals surface area (Å²) in [6.45, 7) is 0. The topological polar surface area (TPSA) is 20.2 Å². The summed E-state index contributed by atoms with van der Waals surface area (Å²) in [4.78, 5) is 0. The summed E-state index contributed by atoms with van der Waals surface area (Å²) in [5.74, 6) is -5.40. The van der Waals surface area contributed by atoms with Crippen molar-refractivity contribution in [2.45, 2.75) is 18.5 Å². The molecule has 0 spiro atoms. The third-order valence-electron chi connectivity index (χ3n) is 1.82. The summed E-state index contributed by atoms with van der Waals surface area (Å²) < 4.78 is 60.6. The van der Waals surface area contributed by atoms with E-state index in [9.17, 15) is 22.0 Å². The molecule has 0 bridgehead atoms. The van der Waals surface area contributed by atoms with Gasteiger partial charge in [0.15, 0.2) is 0 Å². The molecule has 0 amide bonds. The maximum absolute atomic E-state index is 12.6. The van der Waals surface area contributed by atoms with Crippen LogP contribution in [0.2, 0.25) is 0 Å². The van der Waals surface area contributed by atoms with Crippen molar-refractivity contribution < 1.29 is 27.1 Å². The van der Waals surface area contributed by atoms with Crippen molar-refractivity contribution >= 4 is 0 Å². The van der Waals surface area contributed by atoms with Crippen LogP contribution in [-0.2, 0) is 6.42 Å². The number of para-hydroxylation sites is 1. The second-order valence-electron chi connectivity index (χ2n) is 3.01. The Kier molecular flexibility index (Phi) is 2.88. The zero-order valence-electron chi connectivity index (χ0n) is 7.35. The standard InChI is InChI=1S/C9H7F5O/c10-8(11,9(12,13)14)5-6-3-1-2-4-7(6)15/h1-4,15H,5H2. The van der Waals surface area contributed by atoms with Gasteiger partial charge in [-0.05, 0) is 6.07 Å². The first-order valence-corrected chi connectivity index (χ1v) is 3.95. The first kappa shape index (κ1) is 11.7. The van der Waals surface area contributed by atoms with Gasteiger partial charge in [-0.15, -0.1) is 0 Å². The third kappa shape index (κ3) is 2.57. The number of benzene rings is 1. The molecule has 1 N–H and O–H groups in total. The summed E-state index contributed by atoms with van der Waals surface area (Å²) in [5, 5.41) is 9.04. The van der Waals surface area contributed by atoms with Crippen LogP contribution in [-0.4, -0.2) is 17.2 Å². The molecule has 1 nitrogen and oxygen atoms in total. The molecule has 6 heteroatoms. The first-order chi connectivity index (χ1) is 6.74. The number of alkyl halides is 5. The molecular formula is C9H7F5O. The minimum atomic E-state index is -5.60. The molecule has 84 valence electrons. The van der Waals surface area contributed by atoms with Gasteiger partial charge in [-0.1, -0.05) is 18.2 Å². The average molecular weight is 226 g/mol. The normalized spacial score (nSPS) is 12.9. The molecule has 0 saturated heterocycles. The fourth-order valence-electron chi connectivity index (χ4n) is 1.000. The molecule has 1 aromatic carbocycles. The Morgan fingerprint density at radius 2 is 1.53 bits per heavy atom. The van der Waals surface area contributed by atoms with Crippen LogP contribution in [0.1, 0.15) is 5.56 Å². The number of phenols is 1. The molecule has 0 aliphatic rings. The Labute approximate surface area is 82.1 Å². The van der Waals surface area contributed by atoms with Gasteiger partial charge in [0.25, 0.3) is 0 Å². The van der Waals surface area contributed by atoms with E-state index in [4.69, 9.17) is 5.11 Å². The lowest BCUT2D eigenvalue weighted by Crippen LogP contribution is -2.38. The maximum atomic E-state index is 12.6. The molecule has 0 aliphatic carbocycles. The lowest BCUT2D eigenvalue weighted by atomic mass is 10.1. The Morgan fingerprint density at radius 1 is 1.00 bits per heavy atom. The molecule has 1 rings (SSSR count). The molecule has 0 saturated carbocycles. The van der Waals surface area contributed by atoms with Crippen LogP contribution < -0.4 is 0 Å². The number of hydrogen-bond acceptors (Lipinski definition) is 1. The van der Waals surface area contributed by atoms with Crippen molar-refractivity contribution in [3.63, 3.8) is 0 Å². The van der Waals surface area contributed by atoms with E-state index in [1.807, 2.05) is 0 Å². The van der Waals surface area contributed by atoms with Crippen molar-refractivity contribution in [1.29, 1.82) is 0 Å². The van der Waals surface area contributed by atoms with Crippen molar-refractivity contribution in [2.24, 2.45) is 0 Å². The Balaban J connectivity index is 2.92. The van der Waals surface area contributed by atoms with Gasteiger partial charge in [-0.3, -0.25) is 0 Å². The Bertz CT molecular complexity index is 345. The quantitative estimate of drug-likeness (QED) is 0.768. The molecule has 0 unspecified atom stereocenters. The van der Waals surface area contributed by atoms with E-state index in [0.717, 1.165) is 12.1 Å². The van der Waals surface area contributed by atoms with E-state index in [-0.39, 0.29) is 0 Å². The number of rotatable bonds is 2. The van der Waals surface area contributed by atoms with Gasteiger partial charge in [-0.2, -0.15) is 22.0 Å². The monoisotopic (exact) mass is 226 g/mol. The zero-order valence-corrected chi connectivity index (χ0v) is 7.35. The highest BCUT2D eigenvalue weighted by atomic mass is 19.4. The van der Waals surface area contributed by atoms with Gasteiger partial charge in [0, 0.05) is 12.0 Å². The number of phenolic OH excluding ortho intramolecular Hbond substituents is 1. The van der Waals surface area contributed by atoms with Gasteiger partial charge >= 0.3 is 12.1 Å². The highest BCUT2D eigenvalue weighted by Crippen LogP contribution is 2.39. The second kappa shape index (κ2) is 3.67. The first-order valence-electron chi connectivity index (χ1n) is 3.95. The summed E-state index contributed by atoms with van der Waals surface area (Å²) >= 11 is 0. The van der Waals surface area contributed by atoms with Crippen LogP contribution >= 0.6 is 0 Å². The van der Waals surface area contributed by atoms with Crippen molar-refractivity contribution in [2.75, 3.05) is 0 Å². The van der Waals surface area contributed by atoms with E-state index in [1.165, 1.54) is 12.1 Å². The van der Waals surface area contributed by atoms with Crippen LogP contribution in [0.4, 0.5) is 22.0 Å². The molecule has 0 aliphatic heterocycles. The number of hydrogen-bond donors (Lipinski definition) is 1. The predicted molar refractivity (Wildman–Crippen MR) is 42.8 cm³/mol. The van der Waals surface area contributed by atoms with Crippen molar-refractivity contribution in [1.82, 2.24) is 0 Å². The molecule has 1 aromatic rings. The fraction of sp³-hybridized carbons (Fsp3) is 0.333. The summed E-state index contributed by atoms with van der Waals surface area (Å²) in [6.07, 6.45) is -7.15. The second-order valence-corrected chi connectivity index (χ2v) is 3.01. The van der Waals surface area contributed by atoms with Gasteiger partial charge in [-0.25, -0.2) is 0 Å². The van der Waals surface area contributed by atoms with Crippen molar-refractivity contribution in [3.05, 3.63) is 29.8 Å². The van der Waals surface area contributed by atoms with Crippen LogP contribution in [0, 0.1) is 0 Å². The summed E-state index contributed by atoms with van der Waals surface area (Å²) in [5.41, 5.74) is -0.431. The van der Waals surface area contributed by atoms with Crippen molar-refractivity contribution in [3.8, 4) is 5.75 Å². The zero-order chi connectivity index (χ0) is 11.7. The summed E-state index contributed by atoms with van der Waals surface area (Å²) in [7, 11) is 0. The van der Waals surface area contributed by atoms with Crippen LogP contribution in [0.25, 0.3) is 0 Å². The predicted octanol–water partition coefficient (Wildman–Crippen LogP) is 3.13. The maximum Gasteiger partial charge on any atom is 0.453 e. The molecule has 0 fully saturated rings. The minimum absolute atomic E-state index is 0.431. The minimum Gasteiger partial charge on any atom is -0.508 e. The van der Waals surface area contributed by atoms with Crippen LogP contribution in [0.3, 0.4) is 0 Å². The van der Waals surface area contributed by atoms with E-state index in [2.05, 4.69) is 0 Å². The lowest BCUT2D eigenvalue weighted by molar-refractivity contribution is -0.281. The van der Waals surface area contributed by atoms with Gasteiger partial charge < -0.3 is 5.11 Å². The molecular weight excluding hydrogens is 219 g/mol. The van der Waals surface area contributed by atoms with Crippen LogP contribution in [0.15, 0.2) is 24.3 Å². The van der Waals surface area contributed by atoms with E-state index >= 15 is 0 Å². The third-order valence-corrected chi connectivity index (χ3v) is 1.82. The fourth-order valence-corrected chi connectivity index (χ4v) is 1.000. The van der Waals surface area contributed by atoms with Gasteiger partial charge in [0.1, 0.15) is 5.75 Å². The van der Waals surface area contributed by atoms with Crippen LogP contribution in [0.5, 0.6) is 5.75 Å². The Hall–Kier alpha value is -1.33. The molecule has 0 radical (unpaired) electrons. The average Bonchev–Trinajstić information content (AvgIpc) is 2.06. The van der Waals surface area contributed by atoms with E-state index in [1.54, 1.807) is 0 Å². The smallest absolute Gasteiger partial charge is 0.453 e. The summed E-state index contributed by atoms with van der Waals surface area (Å²) in [6, 6.07) is 4.70. The highest BCUT2D eigenvalue weighted by Gasteiger charge is 2.57. The van der Waals surface area contributed by atoms with Gasteiger partial charge in [0.05, 0.1) is 0 Å². The largest absolute Gasteiger partial charge is 0.508 e.